The van der Waals surface area contributed by atoms with Crippen molar-refractivity contribution < 1.29 is 18.1 Å². The summed E-state index contributed by atoms with van der Waals surface area (Å²) in [6.45, 7) is 8.04. The number of rotatable bonds is 10. The molecule has 2 N–H and O–H groups in total. The first-order valence-corrected chi connectivity index (χ1v) is 11.4. The summed E-state index contributed by atoms with van der Waals surface area (Å²) in [5.41, 5.74) is 2.23. The molecule has 0 unspecified atom stereocenters. The van der Waals surface area contributed by atoms with Crippen LogP contribution in [0.25, 0.3) is 0 Å². The number of benzene rings is 2. The van der Waals surface area contributed by atoms with Gasteiger partial charge >= 0.3 is 0 Å². The number of aryl methyl sites for hydroxylation is 1. The average Bonchev–Trinajstić information content (AvgIpc) is 2.72. The van der Waals surface area contributed by atoms with Crippen LogP contribution in [0.4, 0.5) is 17.1 Å². The molecule has 0 radical (unpaired) electrons. The maximum atomic E-state index is 12.9. The second-order valence-electron chi connectivity index (χ2n) is 7.00. The summed E-state index contributed by atoms with van der Waals surface area (Å²) < 4.78 is 27.1. The Balaban J connectivity index is 2.13. The lowest BCUT2D eigenvalue weighted by Gasteiger charge is -2.20. The van der Waals surface area contributed by atoms with Gasteiger partial charge in [-0.15, -0.1) is 0 Å². The van der Waals surface area contributed by atoms with Crippen LogP contribution in [0.15, 0.2) is 41.3 Å². The Morgan fingerprint density at radius 3 is 2.35 bits per heavy atom. The number of amides is 1. The molecular weight excluding hydrogens is 420 g/mol. The molecule has 2 aromatic rings. The number of nitrogens with one attached hydrogen (secondary N) is 2. The van der Waals surface area contributed by atoms with Gasteiger partial charge in [0.25, 0.3) is 5.69 Å². The van der Waals surface area contributed by atoms with Crippen LogP contribution in [0.1, 0.15) is 31.4 Å². The smallest absolute Gasteiger partial charge is 0.292 e. The summed E-state index contributed by atoms with van der Waals surface area (Å²) in [5, 5.41) is 16.7. The van der Waals surface area contributed by atoms with E-state index >= 15 is 0 Å². The molecule has 9 nitrogen and oxygen atoms in total. The van der Waals surface area contributed by atoms with E-state index in [0.29, 0.717) is 24.5 Å². The fraction of sp³-hybridized carbons (Fsp3) is 0.381. The molecule has 0 aliphatic carbocycles. The first-order valence-electron chi connectivity index (χ1n) is 10.00. The largest absolute Gasteiger partial charge is 0.379 e. The molecule has 1 amide bonds. The van der Waals surface area contributed by atoms with Crippen molar-refractivity contribution in [2.45, 2.75) is 39.0 Å². The molecule has 0 saturated heterocycles. The maximum Gasteiger partial charge on any atom is 0.292 e. The Labute approximate surface area is 182 Å². The fourth-order valence-electron chi connectivity index (χ4n) is 3.12. The highest BCUT2D eigenvalue weighted by Crippen LogP contribution is 2.27. The molecule has 0 spiro atoms. The van der Waals surface area contributed by atoms with Gasteiger partial charge in [-0.25, -0.2) is 8.42 Å². The summed E-state index contributed by atoms with van der Waals surface area (Å²) in [7, 11) is -3.66. The molecule has 2 rings (SSSR count). The zero-order valence-electron chi connectivity index (χ0n) is 18.1. The number of nitrogens with zero attached hydrogens (tertiary/aromatic N) is 2. The summed E-state index contributed by atoms with van der Waals surface area (Å²) >= 11 is 0. The number of carbonyl (C=O) groups is 1. The highest BCUT2D eigenvalue weighted by molar-refractivity contribution is 7.89. The number of carbonyl (C=O) groups excluding carboxylic acids is 1. The zero-order chi connectivity index (χ0) is 23.2. The van der Waals surface area contributed by atoms with Gasteiger partial charge in [0.05, 0.1) is 9.82 Å². The van der Waals surface area contributed by atoms with Gasteiger partial charge in [-0.05, 0) is 43.2 Å². The van der Waals surface area contributed by atoms with Gasteiger partial charge in [0.1, 0.15) is 5.69 Å². The van der Waals surface area contributed by atoms with E-state index in [-0.39, 0.29) is 29.5 Å². The maximum absolute atomic E-state index is 12.9. The Bertz CT molecular complexity index is 1070. The van der Waals surface area contributed by atoms with Crippen molar-refractivity contribution in [3.05, 3.63) is 57.6 Å². The normalized spacial score (nSPS) is 11.4. The Hall–Kier alpha value is -2.98. The molecule has 168 valence electrons. The number of hydrogen-bond acceptors (Lipinski definition) is 6. The second kappa shape index (κ2) is 10.4. The highest BCUT2D eigenvalue weighted by atomic mass is 32.2. The minimum absolute atomic E-state index is 0.0531. The molecule has 0 saturated carbocycles. The molecular formula is C21H28N4O5S. The topological polar surface area (TPSA) is 122 Å². The standard InChI is InChI=1S/C21H28N4O5S/c1-5-24(6-2)31(29,30)17-13-15(3)16(4)19(14-17)23-21(26)11-12-22-18-9-7-8-10-20(18)25(27)28/h7-10,13-14,22H,5-6,11-12H2,1-4H3,(H,23,26). The first-order chi connectivity index (χ1) is 14.6. The number of sulfonamides is 1. The van der Waals surface area contributed by atoms with Gasteiger partial charge in [-0.3, -0.25) is 14.9 Å². The monoisotopic (exact) mass is 448 g/mol. The number of nitro groups is 1. The molecule has 0 fully saturated rings. The van der Waals surface area contributed by atoms with Crippen LogP contribution < -0.4 is 10.6 Å². The summed E-state index contributed by atoms with van der Waals surface area (Å²) in [6.07, 6.45) is 0.0531. The van der Waals surface area contributed by atoms with E-state index in [0.717, 1.165) is 11.1 Å². The molecule has 0 heterocycles. The van der Waals surface area contributed by atoms with E-state index in [2.05, 4.69) is 10.6 Å². The van der Waals surface area contributed by atoms with Crippen LogP contribution in [0.5, 0.6) is 0 Å². The van der Waals surface area contributed by atoms with E-state index in [1.165, 1.54) is 16.4 Å². The van der Waals surface area contributed by atoms with Crippen LogP contribution in [-0.4, -0.2) is 43.2 Å². The summed E-state index contributed by atoms with van der Waals surface area (Å²) in [6, 6.07) is 9.28. The van der Waals surface area contributed by atoms with Gasteiger partial charge in [0.15, 0.2) is 0 Å². The van der Waals surface area contributed by atoms with Crippen molar-refractivity contribution >= 4 is 33.0 Å². The van der Waals surface area contributed by atoms with Gasteiger partial charge in [-0.2, -0.15) is 4.31 Å². The second-order valence-corrected chi connectivity index (χ2v) is 8.94. The quantitative estimate of drug-likeness (QED) is 0.422. The van der Waals surface area contributed by atoms with Crippen molar-refractivity contribution in [1.82, 2.24) is 4.31 Å². The van der Waals surface area contributed by atoms with Crippen LogP contribution >= 0.6 is 0 Å². The van der Waals surface area contributed by atoms with Crippen LogP contribution in [-0.2, 0) is 14.8 Å². The van der Waals surface area contributed by atoms with Crippen molar-refractivity contribution in [3.8, 4) is 0 Å². The minimum Gasteiger partial charge on any atom is -0.379 e. The van der Waals surface area contributed by atoms with E-state index in [4.69, 9.17) is 0 Å². The number of nitro benzene ring substituents is 1. The minimum atomic E-state index is -3.66. The van der Waals surface area contributed by atoms with Crippen molar-refractivity contribution in [1.29, 1.82) is 0 Å². The van der Waals surface area contributed by atoms with Crippen LogP contribution in [0, 0.1) is 24.0 Å². The van der Waals surface area contributed by atoms with Crippen molar-refractivity contribution in [2.24, 2.45) is 0 Å². The van der Waals surface area contributed by atoms with Gasteiger partial charge in [0, 0.05) is 37.8 Å². The van der Waals surface area contributed by atoms with Gasteiger partial charge in [0.2, 0.25) is 15.9 Å². The fourth-order valence-corrected chi connectivity index (χ4v) is 4.69. The summed E-state index contributed by atoms with van der Waals surface area (Å²) in [5.74, 6) is -0.328. The molecule has 0 aliphatic rings. The first kappa shape index (κ1) is 24.3. The lowest BCUT2D eigenvalue weighted by molar-refractivity contribution is -0.384. The molecule has 0 bridgehead atoms. The number of para-hydroxylation sites is 2. The molecule has 0 aromatic heterocycles. The van der Waals surface area contributed by atoms with Gasteiger partial charge < -0.3 is 10.6 Å². The van der Waals surface area contributed by atoms with E-state index in [9.17, 15) is 23.3 Å². The van der Waals surface area contributed by atoms with E-state index in [1.807, 2.05) is 6.92 Å². The third-order valence-corrected chi connectivity index (χ3v) is 7.05. The van der Waals surface area contributed by atoms with Crippen LogP contribution in [0.2, 0.25) is 0 Å². The molecule has 31 heavy (non-hydrogen) atoms. The Kier molecular flexibility index (Phi) is 8.12. The predicted molar refractivity (Wildman–Crippen MR) is 121 cm³/mol. The SMILES string of the molecule is CCN(CC)S(=O)(=O)c1cc(C)c(C)c(NC(=O)CCNc2ccccc2[N+](=O)[O-])c1. The third-order valence-electron chi connectivity index (χ3n) is 5.03. The zero-order valence-corrected chi connectivity index (χ0v) is 19.0. The average molecular weight is 449 g/mol. The summed E-state index contributed by atoms with van der Waals surface area (Å²) in [4.78, 5) is 23.2. The van der Waals surface area contributed by atoms with Crippen molar-refractivity contribution in [2.75, 3.05) is 30.3 Å². The predicted octanol–water partition coefficient (Wildman–Crippen LogP) is 3.68. The van der Waals surface area contributed by atoms with Gasteiger partial charge in [-0.1, -0.05) is 26.0 Å². The number of hydrogen-bond donors (Lipinski definition) is 2. The highest BCUT2D eigenvalue weighted by Gasteiger charge is 2.23. The third kappa shape index (κ3) is 5.80. The lowest BCUT2D eigenvalue weighted by atomic mass is 10.1. The lowest BCUT2D eigenvalue weighted by Crippen LogP contribution is -2.30. The molecule has 0 aliphatic heterocycles. The number of anilines is 2. The molecule has 10 heteroatoms. The van der Waals surface area contributed by atoms with Crippen LogP contribution in [0.3, 0.4) is 0 Å². The van der Waals surface area contributed by atoms with Crippen molar-refractivity contribution in [3.63, 3.8) is 0 Å². The van der Waals surface area contributed by atoms with E-state index < -0.39 is 14.9 Å². The Morgan fingerprint density at radius 1 is 1.10 bits per heavy atom. The Morgan fingerprint density at radius 2 is 1.74 bits per heavy atom. The molecule has 2 aromatic carbocycles. The van der Waals surface area contributed by atoms with E-state index in [1.54, 1.807) is 45.0 Å². The molecule has 0 atom stereocenters.